The van der Waals surface area contributed by atoms with E-state index in [1.54, 1.807) is 6.07 Å². The maximum absolute atomic E-state index is 9.90. The van der Waals surface area contributed by atoms with Crippen LogP contribution in [0.1, 0.15) is 40.2 Å². The highest BCUT2D eigenvalue weighted by atomic mass is 16.7. The molecule has 0 aromatic heterocycles. The summed E-state index contributed by atoms with van der Waals surface area (Å²) in [5.41, 5.74) is 1.10. The number of phenols is 1. The lowest BCUT2D eigenvalue weighted by atomic mass is 9.78. The molecule has 0 unspecified atom stereocenters. The molecule has 18 heavy (non-hydrogen) atoms. The van der Waals surface area contributed by atoms with Gasteiger partial charge in [-0.05, 0) is 51.2 Å². The van der Waals surface area contributed by atoms with Crippen LogP contribution in [0.3, 0.4) is 0 Å². The summed E-state index contributed by atoms with van der Waals surface area (Å²) in [7, 11) is -0.410. The molecule has 1 fully saturated rings. The van der Waals surface area contributed by atoms with Crippen LogP contribution in [0.2, 0.25) is 0 Å². The molecular formula is C14H21BO3. The zero-order valence-electron chi connectivity index (χ0n) is 11.8. The summed E-state index contributed by atoms with van der Waals surface area (Å²) >= 11 is 0. The Hall–Kier alpha value is -0.995. The highest BCUT2D eigenvalue weighted by molar-refractivity contribution is 6.62. The van der Waals surface area contributed by atoms with Crippen molar-refractivity contribution in [1.29, 1.82) is 0 Å². The van der Waals surface area contributed by atoms with E-state index in [0.717, 1.165) is 17.4 Å². The van der Waals surface area contributed by atoms with Crippen molar-refractivity contribution in [3.63, 3.8) is 0 Å². The first-order valence-electron chi connectivity index (χ1n) is 6.44. The first kappa shape index (κ1) is 13.4. The Bertz CT molecular complexity index is 438. The lowest BCUT2D eigenvalue weighted by molar-refractivity contribution is 0.00578. The first-order chi connectivity index (χ1) is 8.27. The van der Waals surface area contributed by atoms with Crippen molar-refractivity contribution in [2.45, 2.75) is 52.2 Å². The molecule has 1 N–H and O–H groups in total. The fourth-order valence-electron chi connectivity index (χ4n) is 2.01. The highest BCUT2D eigenvalue weighted by Crippen LogP contribution is 2.36. The first-order valence-corrected chi connectivity index (χ1v) is 6.44. The van der Waals surface area contributed by atoms with Gasteiger partial charge < -0.3 is 14.4 Å². The Labute approximate surface area is 109 Å². The van der Waals surface area contributed by atoms with Gasteiger partial charge in [-0.3, -0.25) is 0 Å². The van der Waals surface area contributed by atoms with Crippen LogP contribution in [0.15, 0.2) is 18.2 Å². The van der Waals surface area contributed by atoms with Crippen molar-refractivity contribution >= 4 is 12.6 Å². The lowest BCUT2D eigenvalue weighted by Crippen LogP contribution is -2.41. The molecule has 3 nitrogen and oxygen atoms in total. The molecule has 1 heterocycles. The third-order valence-corrected chi connectivity index (χ3v) is 4.02. The Kier molecular flexibility index (Phi) is 3.20. The quantitative estimate of drug-likeness (QED) is 0.816. The number of hydrogen-bond acceptors (Lipinski definition) is 3. The van der Waals surface area contributed by atoms with E-state index in [0.29, 0.717) is 5.75 Å². The Balaban J connectivity index is 2.27. The van der Waals surface area contributed by atoms with E-state index in [-0.39, 0.29) is 11.2 Å². The molecule has 1 aliphatic heterocycles. The molecule has 0 radical (unpaired) electrons. The van der Waals surface area contributed by atoms with Gasteiger partial charge in [0, 0.05) is 0 Å². The number of rotatable bonds is 2. The van der Waals surface area contributed by atoms with Gasteiger partial charge in [0.05, 0.1) is 11.2 Å². The second-order valence-electron chi connectivity index (χ2n) is 5.83. The summed E-state index contributed by atoms with van der Waals surface area (Å²) in [5, 5.41) is 9.90. The van der Waals surface area contributed by atoms with Gasteiger partial charge in [0.1, 0.15) is 5.75 Å². The van der Waals surface area contributed by atoms with Gasteiger partial charge in [-0.1, -0.05) is 19.1 Å². The van der Waals surface area contributed by atoms with Gasteiger partial charge in [0.15, 0.2) is 0 Å². The van der Waals surface area contributed by atoms with Gasteiger partial charge >= 0.3 is 7.12 Å². The van der Waals surface area contributed by atoms with Crippen LogP contribution >= 0.6 is 0 Å². The van der Waals surface area contributed by atoms with Crippen molar-refractivity contribution in [3.8, 4) is 5.75 Å². The fourth-order valence-corrected chi connectivity index (χ4v) is 2.01. The third-order valence-electron chi connectivity index (χ3n) is 4.02. The number of hydrogen-bond donors (Lipinski definition) is 1. The second-order valence-corrected chi connectivity index (χ2v) is 5.83. The van der Waals surface area contributed by atoms with Crippen LogP contribution in [0.4, 0.5) is 0 Å². The van der Waals surface area contributed by atoms with E-state index in [2.05, 4.69) is 0 Å². The SMILES string of the molecule is CCc1ccc(B2OC(C)(C)C(C)(C)O2)cc1O. The molecular weight excluding hydrogens is 227 g/mol. The van der Waals surface area contributed by atoms with E-state index in [4.69, 9.17) is 9.31 Å². The zero-order valence-corrected chi connectivity index (χ0v) is 11.8. The summed E-state index contributed by atoms with van der Waals surface area (Å²) in [4.78, 5) is 0. The molecule has 98 valence electrons. The average molecular weight is 248 g/mol. The van der Waals surface area contributed by atoms with E-state index in [1.807, 2.05) is 46.8 Å². The largest absolute Gasteiger partial charge is 0.508 e. The van der Waals surface area contributed by atoms with Crippen LogP contribution in [-0.2, 0) is 15.7 Å². The van der Waals surface area contributed by atoms with E-state index in [9.17, 15) is 5.11 Å². The topological polar surface area (TPSA) is 38.7 Å². The number of aromatic hydroxyl groups is 1. The van der Waals surface area contributed by atoms with Crippen molar-refractivity contribution in [1.82, 2.24) is 0 Å². The summed E-state index contributed by atoms with van der Waals surface area (Å²) in [6.45, 7) is 10.1. The van der Waals surface area contributed by atoms with Crippen molar-refractivity contribution in [2.75, 3.05) is 0 Å². The second kappa shape index (κ2) is 4.28. The van der Waals surface area contributed by atoms with Crippen molar-refractivity contribution in [2.24, 2.45) is 0 Å². The number of benzene rings is 1. The maximum Gasteiger partial charge on any atom is 0.494 e. The minimum atomic E-state index is -0.410. The summed E-state index contributed by atoms with van der Waals surface area (Å²) in [6.07, 6.45) is 0.815. The lowest BCUT2D eigenvalue weighted by Gasteiger charge is -2.32. The van der Waals surface area contributed by atoms with E-state index >= 15 is 0 Å². The van der Waals surface area contributed by atoms with Crippen LogP contribution in [-0.4, -0.2) is 23.4 Å². The van der Waals surface area contributed by atoms with Crippen LogP contribution in [0.25, 0.3) is 0 Å². The van der Waals surface area contributed by atoms with Gasteiger partial charge in [0.2, 0.25) is 0 Å². The van der Waals surface area contributed by atoms with Gasteiger partial charge in [0.25, 0.3) is 0 Å². The molecule has 4 heteroatoms. The molecule has 0 saturated carbocycles. The van der Waals surface area contributed by atoms with Crippen LogP contribution in [0.5, 0.6) is 5.75 Å². The normalized spacial score (nSPS) is 21.3. The number of phenolic OH excluding ortho intramolecular Hbond substituents is 1. The van der Waals surface area contributed by atoms with Crippen molar-refractivity contribution in [3.05, 3.63) is 23.8 Å². The average Bonchev–Trinajstić information content (AvgIpc) is 2.48. The fraction of sp³-hybridized carbons (Fsp3) is 0.571. The van der Waals surface area contributed by atoms with Gasteiger partial charge in [-0.2, -0.15) is 0 Å². The molecule has 0 aliphatic carbocycles. The molecule has 0 spiro atoms. The molecule has 1 aromatic carbocycles. The third kappa shape index (κ3) is 2.15. The standard InChI is InChI=1S/C14H21BO3/c1-6-10-7-8-11(9-12(10)16)15-17-13(2,3)14(4,5)18-15/h7-9,16H,6H2,1-5H3. The maximum atomic E-state index is 9.90. The molecule has 1 saturated heterocycles. The molecule has 2 rings (SSSR count). The van der Waals surface area contributed by atoms with Crippen LogP contribution in [0, 0.1) is 0 Å². The highest BCUT2D eigenvalue weighted by Gasteiger charge is 2.51. The molecule has 0 amide bonds. The Morgan fingerprint density at radius 1 is 1.11 bits per heavy atom. The van der Waals surface area contributed by atoms with Crippen molar-refractivity contribution < 1.29 is 14.4 Å². The summed E-state index contributed by atoms with van der Waals surface area (Å²) in [6, 6.07) is 5.62. The number of aryl methyl sites for hydroxylation is 1. The molecule has 0 atom stereocenters. The van der Waals surface area contributed by atoms with E-state index < -0.39 is 7.12 Å². The molecule has 0 bridgehead atoms. The smallest absolute Gasteiger partial charge is 0.494 e. The summed E-state index contributed by atoms with van der Waals surface area (Å²) < 4.78 is 11.9. The zero-order chi connectivity index (χ0) is 13.6. The predicted molar refractivity (Wildman–Crippen MR) is 73.2 cm³/mol. The van der Waals surface area contributed by atoms with Crippen LogP contribution < -0.4 is 5.46 Å². The predicted octanol–water partition coefficient (Wildman–Crippen LogP) is 2.25. The van der Waals surface area contributed by atoms with Gasteiger partial charge in [-0.15, -0.1) is 0 Å². The minimum Gasteiger partial charge on any atom is -0.508 e. The molecule has 1 aliphatic rings. The monoisotopic (exact) mass is 248 g/mol. The minimum absolute atomic E-state index is 0.310. The van der Waals surface area contributed by atoms with E-state index in [1.165, 1.54) is 0 Å². The van der Waals surface area contributed by atoms with Gasteiger partial charge in [-0.25, -0.2) is 0 Å². The molecule has 1 aromatic rings. The Morgan fingerprint density at radius 3 is 2.11 bits per heavy atom. The summed E-state index contributed by atoms with van der Waals surface area (Å²) in [5.74, 6) is 0.310. The Morgan fingerprint density at radius 2 is 1.67 bits per heavy atom.